The Hall–Kier alpha value is -1.49. The van der Waals surface area contributed by atoms with Crippen molar-refractivity contribution in [3.63, 3.8) is 0 Å². The lowest BCUT2D eigenvalue weighted by Crippen LogP contribution is -2.52. The van der Waals surface area contributed by atoms with Gasteiger partial charge in [0.05, 0.1) is 5.02 Å². The first-order valence-corrected chi connectivity index (χ1v) is 7.41. The molecule has 118 valence electrons. The lowest BCUT2D eigenvalue weighted by atomic mass is 10.2. The molecule has 0 bridgehead atoms. The fraction of sp³-hybridized carbons (Fsp3) is 0.312. The SMILES string of the molecule is C[C@@H]1CNCCN1C(=O)c1ccc(-c2ccccc2Cl)o1.Cl. The van der Waals surface area contributed by atoms with Crippen molar-refractivity contribution in [1.29, 1.82) is 0 Å². The number of carbonyl (C=O) groups excluding carboxylic acids is 1. The summed E-state index contributed by atoms with van der Waals surface area (Å²) in [6, 6.07) is 11.1. The van der Waals surface area contributed by atoms with Crippen molar-refractivity contribution in [1.82, 2.24) is 10.2 Å². The Kier molecular flexibility index (Phi) is 5.51. The zero-order chi connectivity index (χ0) is 14.8. The Morgan fingerprint density at radius 1 is 1.32 bits per heavy atom. The van der Waals surface area contributed by atoms with E-state index in [1.807, 2.05) is 30.0 Å². The van der Waals surface area contributed by atoms with Crippen LogP contribution >= 0.6 is 24.0 Å². The molecule has 1 amide bonds. The first-order valence-electron chi connectivity index (χ1n) is 7.03. The van der Waals surface area contributed by atoms with E-state index in [0.717, 1.165) is 18.7 Å². The smallest absolute Gasteiger partial charge is 0.289 e. The fourth-order valence-electron chi connectivity index (χ4n) is 2.54. The predicted octanol–water partition coefficient (Wildman–Crippen LogP) is 3.46. The van der Waals surface area contributed by atoms with Crippen LogP contribution in [0, 0.1) is 0 Å². The van der Waals surface area contributed by atoms with Crippen molar-refractivity contribution in [2.24, 2.45) is 0 Å². The topological polar surface area (TPSA) is 45.5 Å². The Balaban J connectivity index is 0.00000176. The van der Waals surface area contributed by atoms with Gasteiger partial charge < -0.3 is 14.6 Å². The van der Waals surface area contributed by atoms with Crippen molar-refractivity contribution >= 4 is 29.9 Å². The number of piperazine rings is 1. The number of amides is 1. The van der Waals surface area contributed by atoms with Gasteiger partial charge in [-0.15, -0.1) is 12.4 Å². The van der Waals surface area contributed by atoms with Gasteiger partial charge in [-0.2, -0.15) is 0 Å². The molecule has 3 rings (SSSR count). The number of nitrogens with zero attached hydrogens (tertiary/aromatic N) is 1. The number of carbonyl (C=O) groups is 1. The third kappa shape index (κ3) is 3.29. The van der Waals surface area contributed by atoms with E-state index < -0.39 is 0 Å². The van der Waals surface area contributed by atoms with E-state index in [-0.39, 0.29) is 24.4 Å². The molecule has 4 nitrogen and oxygen atoms in total. The van der Waals surface area contributed by atoms with Crippen LogP contribution in [0.3, 0.4) is 0 Å². The highest BCUT2D eigenvalue weighted by atomic mass is 35.5. The zero-order valence-corrected chi connectivity index (χ0v) is 13.8. The van der Waals surface area contributed by atoms with Crippen molar-refractivity contribution in [3.8, 4) is 11.3 Å². The van der Waals surface area contributed by atoms with E-state index in [2.05, 4.69) is 5.32 Å². The van der Waals surface area contributed by atoms with E-state index >= 15 is 0 Å². The molecule has 0 unspecified atom stereocenters. The van der Waals surface area contributed by atoms with Gasteiger partial charge in [0.15, 0.2) is 5.76 Å². The molecule has 1 N–H and O–H groups in total. The number of furan rings is 1. The van der Waals surface area contributed by atoms with E-state index in [4.69, 9.17) is 16.0 Å². The average Bonchev–Trinajstić information content (AvgIpc) is 2.97. The molecule has 1 atom stereocenters. The summed E-state index contributed by atoms with van der Waals surface area (Å²) in [6.07, 6.45) is 0. The van der Waals surface area contributed by atoms with Gasteiger partial charge in [-0.25, -0.2) is 0 Å². The molecule has 22 heavy (non-hydrogen) atoms. The van der Waals surface area contributed by atoms with Crippen LogP contribution in [0.1, 0.15) is 17.5 Å². The third-order valence-electron chi connectivity index (χ3n) is 3.72. The Bertz CT molecular complexity index is 657. The number of benzene rings is 1. The van der Waals surface area contributed by atoms with Crippen LogP contribution in [-0.4, -0.2) is 36.5 Å². The quantitative estimate of drug-likeness (QED) is 0.910. The second-order valence-electron chi connectivity index (χ2n) is 5.20. The van der Waals surface area contributed by atoms with Crippen molar-refractivity contribution in [2.45, 2.75) is 13.0 Å². The summed E-state index contributed by atoms with van der Waals surface area (Å²) in [4.78, 5) is 14.4. The molecule has 0 aliphatic carbocycles. The van der Waals surface area contributed by atoms with Gasteiger partial charge in [0.2, 0.25) is 0 Å². The van der Waals surface area contributed by atoms with Gasteiger partial charge in [0.1, 0.15) is 5.76 Å². The average molecular weight is 341 g/mol. The molecule has 2 aromatic rings. The van der Waals surface area contributed by atoms with E-state index in [1.165, 1.54) is 0 Å². The zero-order valence-electron chi connectivity index (χ0n) is 12.2. The monoisotopic (exact) mass is 340 g/mol. The summed E-state index contributed by atoms with van der Waals surface area (Å²) in [6.45, 7) is 4.35. The summed E-state index contributed by atoms with van der Waals surface area (Å²) in [5, 5.41) is 3.88. The fourth-order valence-corrected chi connectivity index (χ4v) is 2.77. The lowest BCUT2D eigenvalue weighted by Gasteiger charge is -2.33. The normalized spacial score (nSPS) is 17.9. The van der Waals surface area contributed by atoms with Gasteiger partial charge in [0, 0.05) is 31.2 Å². The van der Waals surface area contributed by atoms with Crippen LogP contribution in [0.5, 0.6) is 0 Å². The summed E-state index contributed by atoms with van der Waals surface area (Å²) in [5.41, 5.74) is 0.798. The maximum atomic E-state index is 12.5. The molecule has 0 spiro atoms. The van der Waals surface area contributed by atoms with Crippen LogP contribution in [0.2, 0.25) is 5.02 Å². The molecule has 1 aromatic carbocycles. The maximum absolute atomic E-state index is 12.5. The molecular weight excluding hydrogens is 323 g/mol. The molecule has 2 heterocycles. The van der Waals surface area contributed by atoms with Crippen LogP contribution in [0.25, 0.3) is 11.3 Å². The highest BCUT2D eigenvalue weighted by molar-refractivity contribution is 6.33. The van der Waals surface area contributed by atoms with Gasteiger partial charge in [-0.3, -0.25) is 4.79 Å². The molecule has 6 heteroatoms. The number of hydrogen-bond acceptors (Lipinski definition) is 3. The molecule has 1 aliphatic rings. The minimum Gasteiger partial charge on any atom is -0.451 e. The molecule has 1 saturated heterocycles. The number of nitrogens with one attached hydrogen (secondary N) is 1. The first-order chi connectivity index (χ1) is 10.2. The van der Waals surface area contributed by atoms with Crippen LogP contribution in [0.15, 0.2) is 40.8 Å². The van der Waals surface area contributed by atoms with Crippen LogP contribution in [-0.2, 0) is 0 Å². The second kappa shape index (κ2) is 7.18. The summed E-state index contributed by atoms with van der Waals surface area (Å²) >= 11 is 6.16. The van der Waals surface area contributed by atoms with E-state index in [9.17, 15) is 4.79 Å². The molecule has 1 aliphatic heterocycles. The first kappa shape index (κ1) is 16.9. The Labute approximate surface area is 140 Å². The number of halogens is 2. The minimum absolute atomic E-state index is 0. The molecule has 0 radical (unpaired) electrons. The number of rotatable bonds is 2. The van der Waals surface area contributed by atoms with Crippen molar-refractivity contribution in [2.75, 3.05) is 19.6 Å². The summed E-state index contributed by atoms with van der Waals surface area (Å²) < 4.78 is 5.72. The predicted molar refractivity (Wildman–Crippen MR) is 89.8 cm³/mol. The van der Waals surface area contributed by atoms with Gasteiger partial charge in [-0.05, 0) is 31.2 Å². The maximum Gasteiger partial charge on any atom is 0.289 e. The molecular formula is C16H18Cl2N2O2. The van der Waals surface area contributed by atoms with Crippen molar-refractivity contribution < 1.29 is 9.21 Å². The highest BCUT2D eigenvalue weighted by Crippen LogP contribution is 2.29. The van der Waals surface area contributed by atoms with Gasteiger partial charge >= 0.3 is 0 Å². The molecule has 1 fully saturated rings. The molecule has 1 aromatic heterocycles. The van der Waals surface area contributed by atoms with Crippen LogP contribution < -0.4 is 5.32 Å². The van der Waals surface area contributed by atoms with Crippen LogP contribution in [0.4, 0.5) is 0 Å². The minimum atomic E-state index is -0.0673. The summed E-state index contributed by atoms with van der Waals surface area (Å²) in [5.74, 6) is 0.910. The van der Waals surface area contributed by atoms with Gasteiger partial charge in [-0.1, -0.05) is 23.7 Å². The van der Waals surface area contributed by atoms with E-state index in [1.54, 1.807) is 18.2 Å². The van der Waals surface area contributed by atoms with E-state index in [0.29, 0.717) is 23.1 Å². The highest BCUT2D eigenvalue weighted by Gasteiger charge is 2.26. The van der Waals surface area contributed by atoms with Gasteiger partial charge in [0.25, 0.3) is 5.91 Å². The largest absolute Gasteiger partial charge is 0.451 e. The molecule has 0 saturated carbocycles. The Morgan fingerprint density at radius 3 is 2.82 bits per heavy atom. The summed E-state index contributed by atoms with van der Waals surface area (Å²) in [7, 11) is 0. The lowest BCUT2D eigenvalue weighted by molar-refractivity contribution is 0.0624. The third-order valence-corrected chi connectivity index (χ3v) is 4.05. The standard InChI is InChI=1S/C16H17ClN2O2.ClH/c1-11-10-18-8-9-19(11)16(20)15-7-6-14(21-15)12-4-2-3-5-13(12)17;/h2-7,11,18H,8-10H2,1H3;1H/t11-;/m1./s1. The number of hydrogen-bond donors (Lipinski definition) is 1. The Morgan fingerprint density at radius 2 is 2.09 bits per heavy atom. The van der Waals surface area contributed by atoms with Crippen molar-refractivity contribution in [3.05, 3.63) is 47.2 Å². The second-order valence-corrected chi connectivity index (χ2v) is 5.60.